The Morgan fingerprint density at radius 3 is 2.40 bits per heavy atom. The molecule has 30 heavy (non-hydrogen) atoms. The highest BCUT2D eigenvalue weighted by molar-refractivity contribution is 7.98. The van der Waals surface area contributed by atoms with Crippen LogP contribution in [-0.4, -0.2) is 64.3 Å². The maximum Gasteiger partial charge on any atom is 0.253 e. The van der Waals surface area contributed by atoms with Crippen LogP contribution in [0.4, 0.5) is 5.69 Å². The highest BCUT2D eigenvalue weighted by Crippen LogP contribution is 2.19. The zero-order valence-corrected chi connectivity index (χ0v) is 19.0. The highest BCUT2D eigenvalue weighted by atomic mass is 32.2. The Balaban J connectivity index is 1.85. The van der Waals surface area contributed by atoms with Gasteiger partial charge in [-0.2, -0.15) is 11.8 Å². The number of hydrogen-bond donors (Lipinski definition) is 1. The molecule has 0 atom stereocenters. The molecule has 0 saturated heterocycles. The Kier molecular flexibility index (Phi) is 8.79. The first-order valence-corrected chi connectivity index (χ1v) is 12.3. The Bertz CT molecular complexity index is 926. The smallest absolute Gasteiger partial charge is 0.253 e. The lowest BCUT2D eigenvalue weighted by Gasteiger charge is -2.22. The summed E-state index contributed by atoms with van der Waals surface area (Å²) >= 11 is 1.70. The van der Waals surface area contributed by atoms with Crippen LogP contribution in [0.5, 0.6) is 0 Å². The minimum atomic E-state index is -3.66. The summed E-state index contributed by atoms with van der Waals surface area (Å²) in [6.45, 7) is 0.136. The Morgan fingerprint density at radius 1 is 1.13 bits per heavy atom. The first kappa shape index (κ1) is 23.8. The molecule has 2 rings (SSSR count). The monoisotopic (exact) mass is 453 g/mol. The van der Waals surface area contributed by atoms with Crippen LogP contribution in [0.25, 0.3) is 0 Å². The average molecular weight is 454 g/mol. The van der Waals surface area contributed by atoms with Crippen LogP contribution >= 0.6 is 11.8 Å². The van der Waals surface area contributed by atoms with Gasteiger partial charge in [-0.15, -0.1) is 0 Å². The molecule has 0 fully saturated rings. The molecule has 0 aliphatic carbocycles. The average Bonchev–Trinajstić information content (AvgIpc) is 3.21. The summed E-state index contributed by atoms with van der Waals surface area (Å²) in [7, 11) is -0.389. The highest BCUT2D eigenvalue weighted by Gasteiger charge is 2.21. The molecule has 1 N–H and O–H groups in total. The molecule has 0 bridgehead atoms. The summed E-state index contributed by atoms with van der Waals surface area (Å²) in [5.41, 5.74) is 0.769. The van der Waals surface area contributed by atoms with E-state index in [1.165, 1.54) is 17.0 Å². The molecule has 1 heterocycles. The van der Waals surface area contributed by atoms with E-state index >= 15 is 0 Å². The standard InChI is InChI=1S/C20H27N3O5S2/c1-22(2)20(25)16-7-9-17(10-8-16)23(30(3,26)27)14-19(24)21-11-5-13-29-15-18-6-4-12-28-18/h4,6-10,12H,5,11,13-15H2,1-3H3,(H,21,24). The van der Waals surface area contributed by atoms with E-state index in [2.05, 4.69) is 5.32 Å². The van der Waals surface area contributed by atoms with Crippen molar-refractivity contribution in [2.45, 2.75) is 12.2 Å². The summed E-state index contributed by atoms with van der Waals surface area (Å²) in [6, 6.07) is 9.90. The maximum absolute atomic E-state index is 12.3. The number of carbonyl (C=O) groups excluding carboxylic acids is 2. The van der Waals surface area contributed by atoms with Crippen molar-refractivity contribution in [3.05, 3.63) is 54.0 Å². The van der Waals surface area contributed by atoms with Crippen LogP contribution in [0.3, 0.4) is 0 Å². The molecule has 0 aliphatic rings. The Hall–Kier alpha value is -2.46. The third-order valence-electron chi connectivity index (χ3n) is 4.11. The molecule has 0 spiro atoms. The summed E-state index contributed by atoms with van der Waals surface area (Å²) in [5, 5.41) is 2.75. The fourth-order valence-corrected chi connectivity index (χ4v) is 4.30. The number of rotatable bonds is 11. The summed E-state index contributed by atoms with van der Waals surface area (Å²) in [6.07, 6.45) is 3.44. The summed E-state index contributed by atoms with van der Waals surface area (Å²) < 4.78 is 30.6. The molecule has 1 aromatic carbocycles. The van der Waals surface area contributed by atoms with Crippen molar-refractivity contribution in [2.24, 2.45) is 0 Å². The SMILES string of the molecule is CN(C)C(=O)c1ccc(N(CC(=O)NCCCSCc2ccco2)S(C)(=O)=O)cc1. The maximum atomic E-state index is 12.3. The van der Waals surface area contributed by atoms with Crippen molar-refractivity contribution >= 4 is 39.3 Å². The molecular formula is C20H27N3O5S2. The number of furan rings is 1. The molecule has 1 aromatic heterocycles. The number of carbonyl (C=O) groups is 2. The first-order chi connectivity index (χ1) is 14.2. The number of anilines is 1. The van der Waals surface area contributed by atoms with Crippen LogP contribution in [0.1, 0.15) is 22.5 Å². The molecule has 0 aliphatic heterocycles. The fraction of sp³-hybridized carbons (Fsp3) is 0.400. The predicted octanol–water partition coefficient (Wildman–Crippen LogP) is 2.19. The largest absolute Gasteiger partial charge is 0.468 e. The van der Waals surface area contributed by atoms with E-state index in [0.29, 0.717) is 17.8 Å². The van der Waals surface area contributed by atoms with Gasteiger partial charge in [0.05, 0.1) is 24.0 Å². The van der Waals surface area contributed by atoms with Gasteiger partial charge in [0.15, 0.2) is 0 Å². The summed E-state index contributed by atoms with van der Waals surface area (Å²) in [5.74, 6) is 1.96. The van der Waals surface area contributed by atoms with Gasteiger partial charge in [-0.3, -0.25) is 13.9 Å². The second-order valence-electron chi connectivity index (χ2n) is 6.85. The number of sulfonamides is 1. The van der Waals surface area contributed by atoms with Crippen LogP contribution < -0.4 is 9.62 Å². The number of nitrogens with one attached hydrogen (secondary N) is 1. The van der Waals surface area contributed by atoms with Gasteiger partial charge in [-0.05, 0) is 48.6 Å². The van der Waals surface area contributed by atoms with Crippen LogP contribution in [0, 0.1) is 0 Å². The molecule has 164 valence electrons. The van der Waals surface area contributed by atoms with Crippen molar-refractivity contribution < 1.29 is 22.4 Å². The second kappa shape index (κ2) is 11.1. The lowest BCUT2D eigenvalue weighted by atomic mass is 10.2. The third kappa shape index (κ3) is 7.42. The van der Waals surface area contributed by atoms with Gasteiger partial charge in [-0.1, -0.05) is 0 Å². The summed E-state index contributed by atoms with van der Waals surface area (Å²) in [4.78, 5) is 25.7. The molecule has 0 saturated carbocycles. The van der Waals surface area contributed by atoms with Gasteiger partial charge in [0, 0.05) is 26.2 Å². The van der Waals surface area contributed by atoms with Gasteiger partial charge in [0.25, 0.3) is 5.91 Å². The molecule has 0 radical (unpaired) electrons. The van der Waals surface area contributed by atoms with E-state index in [9.17, 15) is 18.0 Å². The second-order valence-corrected chi connectivity index (χ2v) is 9.86. The number of hydrogen-bond acceptors (Lipinski definition) is 6. The lowest BCUT2D eigenvalue weighted by Crippen LogP contribution is -2.40. The van der Waals surface area contributed by atoms with Crippen molar-refractivity contribution in [1.29, 1.82) is 0 Å². The lowest BCUT2D eigenvalue weighted by molar-refractivity contribution is -0.119. The van der Waals surface area contributed by atoms with Gasteiger partial charge in [-0.25, -0.2) is 8.42 Å². The van der Waals surface area contributed by atoms with Crippen molar-refractivity contribution in [2.75, 3.05) is 43.5 Å². The van der Waals surface area contributed by atoms with Crippen molar-refractivity contribution in [1.82, 2.24) is 10.2 Å². The van der Waals surface area contributed by atoms with E-state index in [4.69, 9.17) is 4.42 Å². The zero-order valence-electron chi connectivity index (χ0n) is 17.3. The molecule has 2 amide bonds. The Labute approximate surface area is 181 Å². The van der Waals surface area contributed by atoms with Gasteiger partial charge >= 0.3 is 0 Å². The number of amides is 2. The molecular weight excluding hydrogens is 426 g/mol. The van der Waals surface area contributed by atoms with Gasteiger partial charge in [0.1, 0.15) is 12.3 Å². The van der Waals surface area contributed by atoms with E-state index in [1.807, 2.05) is 12.1 Å². The quantitative estimate of drug-likeness (QED) is 0.524. The van der Waals surface area contributed by atoms with Gasteiger partial charge < -0.3 is 14.6 Å². The normalized spacial score (nSPS) is 11.2. The fourth-order valence-electron chi connectivity index (χ4n) is 2.58. The molecule has 10 heteroatoms. The molecule has 8 nitrogen and oxygen atoms in total. The molecule has 0 unspecified atom stereocenters. The number of thioether (sulfide) groups is 1. The Morgan fingerprint density at radius 2 is 1.83 bits per heavy atom. The van der Waals surface area contributed by atoms with E-state index < -0.39 is 10.0 Å². The van der Waals surface area contributed by atoms with Crippen LogP contribution in [-0.2, 0) is 20.6 Å². The first-order valence-electron chi connectivity index (χ1n) is 9.34. The van der Waals surface area contributed by atoms with Gasteiger partial charge in [0.2, 0.25) is 15.9 Å². The number of nitrogens with zero attached hydrogens (tertiary/aromatic N) is 2. The van der Waals surface area contributed by atoms with E-state index in [0.717, 1.165) is 34.2 Å². The predicted molar refractivity (Wildman–Crippen MR) is 119 cm³/mol. The minimum Gasteiger partial charge on any atom is -0.468 e. The van der Waals surface area contributed by atoms with Crippen molar-refractivity contribution in [3.8, 4) is 0 Å². The van der Waals surface area contributed by atoms with Crippen molar-refractivity contribution in [3.63, 3.8) is 0 Å². The minimum absolute atomic E-state index is 0.185. The zero-order chi connectivity index (χ0) is 22.1. The van der Waals surface area contributed by atoms with Crippen LogP contribution in [0.15, 0.2) is 47.1 Å². The van der Waals surface area contributed by atoms with E-state index in [-0.39, 0.29) is 18.4 Å². The van der Waals surface area contributed by atoms with E-state index in [1.54, 1.807) is 44.3 Å². The molecule has 2 aromatic rings. The number of benzene rings is 1. The third-order valence-corrected chi connectivity index (χ3v) is 6.31. The topological polar surface area (TPSA) is 99.9 Å². The van der Waals surface area contributed by atoms with Crippen LogP contribution in [0.2, 0.25) is 0 Å².